The third-order valence-corrected chi connectivity index (χ3v) is 12.1. The quantitative estimate of drug-likeness (QED) is 0.189. The van der Waals surface area contributed by atoms with E-state index in [-0.39, 0.29) is 0 Å². The van der Waals surface area contributed by atoms with Crippen molar-refractivity contribution in [2.45, 2.75) is 0 Å². The minimum Gasteiger partial charge on any atom is -0.277 e. The fourth-order valence-corrected chi connectivity index (χ4v) is 9.90. The Morgan fingerprint density at radius 2 is 1.20 bits per heavy atom. The lowest BCUT2D eigenvalue weighted by Crippen LogP contribution is -2.03. The zero-order valence-corrected chi connectivity index (χ0v) is 27.7. The summed E-state index contributed by atoms with van der Waals surface area (Å²) in [7, 11) is 0. The molecular formula is C44H25N3S2. The molecule has 11 aromatic rings. The van der Waals surface area contributed by atoms with Gasteiger partial charge in [0.05, 0.1) is 26.9 Å². The predicted octanol–water partition coefficient (Wildman–Crippen LogP) is 12.8. The van der Waals surface area contributed by atoms with Gasteiger partial charge in [-0.15, -0.1) is 22.7 Å². The standard InChI is InChI=1S/C44H25N3S2/c1-2-12-27(13-3-1)40-43-41(33-16-7-9-20-36(33)49-43)46-44(45-40)47-35-19-8-6-15-31(35)32-18-10-17-30(42(32)47)28-22-23-37-34(25-28)39-29-14-5-4-11-26(29)21-24-38(39)48-37/h1-25H. The summed E-state index contributed by atoms with van der Waals surface area (Å²) in [5.74, 6) is 0.682. The minimum atomic E-state index is 0.682. The molecule has 0 atom stereocenters. The van der Waals surface area contributed by atoms with E-state index in [9.17, 15) is 0 Å². The highest BCUT2D eigenvalue weighted by molar-refractivity contribution is 7.26. The van der Waals surface area contributed by atoms with Gasteiger partial charge in [0.25, 0.3) is 0 Å². The highest BCUT2D eigenvalue weighted by atomic mass is 32.1. The van der Waals surface area contributed by atoms with E-state index in [0.29, 0.717) is 5.95 Å². The Morgan fingerprint density at radius 1 is 0.469 bits per heavy atom. The molecule has 0 aliphatic heterocycles. The molecule has 4 heterocycles. The van der Waals surface area contributed by atoms with Crippen LogP contribution in [-0.2, 0) is 0 Å². The fraction of sp³-hybridized carbons (Fsp3) is 0. The van der Waals surface area contributed by atoms with Crippen LogP contribution in [0.5, 0.6) is 0 Å². The second-order valence-corrected chi connectivity index (χ2v) is 14.7. The maximum absolute atomic E-state index is 5.42. The largest absolute Gasteiger partial charge is 0.277 e. The van der Waals surface area contributed by atoms with E-state index in [1.54, 1.807) is 11.3 Å². The number of aromatic nitrogens is 3. The summed E-state index contributed by atoms with van der Waals surface area (Å²) in [6.07, 6.45) is 0. The van der Waals surface area contributed by atoms with E-state index in [4.69, 9.17) is 9.97 Å². The zero-order chi connectivity index (χ0) is 32.1. The van der Waals surface area contributed by atoms with Crippen molar-refractivity contribution in [3.8, 4) is 28.3 Å². The van der Waals surface area contributed by atoms with Gasteiger partial charge in [-0.2, -0.15) is 0 Å². The van der Waals surface area contributed by atoms with Crippen molar-refractivity contribution in [1.82, 2.24) is 14.5 Å². The Hall–Kier alpha value is -5.88. The predicted molar refractivity (Wildman–Crippen MR) is 211 cm³/mol. The van der Waals surface area contributed by atoms with Gasteiger partial charge in [-0.25, -0.2) is 9.97 Å². The van der Waals surface area contributed by atoms with E-state index in [2.05, 4.69) is 156 Å². The normalized spacial score (nSPS) is 12.1. The lowest BCUT2D eigenvalue weighted by Gasteiger charge is -2.12. The molecule has 0 N–H and O–H groups in total. The van der Waals surface area contributed by atoms with Crippen LogP contribution < -0.4 is 0 Å². The Balaban J connectivity index is 1.25. The summed E-state index contributed by atoms with van der Waals surface area (Å²) < 4.78 is 7.24. The average molecular weight is 660 g/mol. The van der Waals surface area contributed by atoms with Crippen molar-refractivity contribution in [2.75, 3.05) is 0 Å². The maximum Gasteiger partial charge on any atom is 0.235 e. The smallest absolute Gasteiger partial charge is 0.235 e. The topological polar surface area (TPSA) is 30.7 Å². The van der Waals surface area contributed by atoms with Gasteiger partial charge in [0.2, 0.25) is 5.95 Å². The molecule has 0 radical (unpaired) electrons. The molecule has 49 heavy (non-hydrogen) atoms. The van der Waals surface area contributed by atoms with E-state index in [1.807, 2.05) is 11.3 Å². The first-order valence-electron chi connectivity index (χ1n) is 16.4. The number of nitrogens with zero attached hydrogens (tertiary/aromatic N) is 3. The number of rotatable bonds is 3. The number of fused-ring (bicyclic) bond motifs is 11. The van der Waals surface area contributed by atoms with Gasteiger partial charge in [-0.1, -0.05) is 121 Å². The molecule has 5 heteroatoms. The third kappa shape index (κ3) is 3.94. The van der Waals surface area contributed by atoms with Crippen molar-refractivity contribution in [1.29, 1.82) is 0 Å². The molecule has 0 fully saturated rings. The first-order chi connectivity index (χ1) is 24.3. The van der Waals surface area contributed by atoms with Gasteiger partial charge >= 0.3 is 0 Å². The molecule has 0 aliphatic carbocycles. The fourth-order valence-electron chi connectivity index (χ4n) is 7.64. The van der Waals surface area contributed by atoms with Crippen molar-refractivity contribution < 1.29 is 0 Å². The zero-order valence-electron chi connectivity index (χ0n) is 26.1. The molecule has 7 aromatic carbocycles. The molecule has 3 nitrogen and oxygen atoms in total. The number of para-hydroxylation sites is 2. The number of hydrogen-bond donors (Lipinski definition) is 0. The summed E-state index contributed by atoms with van der Waals surface area (Å²) >= 11 is 3.63. The van der Waals surface area contributed by atoms with Crippen LogP contribution in [0.2, 0.25) is 0 Å². The van der Waals surface area contributed by atoms with Crippen LogP contribution in [0.1, 0.15) is 0 Å². The minimum absolute atomic E-state index is 0.682. The first kappa shape index (κ1) is 27.1. The molecule has 4 aromatic heterocycles. The molecule has 0 bridgehead atoms. The van der Waals surface area contributed by atoms with Crippen molar-refractivity contribution in [3.05, 3.63) is 152 Å². The Bertz CT molecular complexity index is 3110. The van der Waals surface area contributed by atoms with Crippen molar-refractivity contribution in [2.24, 2.45) is 0 Å². The van der Waals surface area contributed by atoms with Crippen molar-refractivity contribution in [3.63, 3.8) is 0 Å². The second-order valence-electron chi connectivity index (χ2n) is 12.5. The Labute approximate surface area is 289 Å². The summed E-state index contributed by atoms with van der Waals surface area (Å²) in [6.45, 7) is 0. The Kier molecular flexibility index (Phi) is 5.70. The molecule has 0 unspecified atom stereocenters. The van der Waals surface area contributed by atoms with Crippen LogP contribution >= 0.6 is 22.7 Å². The van der Waals surface area contributed by atoms with Crippen LogP contribution in [0.25, 0.3) is 101 Å². The lowest BCUT2D eigenvalue weighted by molar-refractivity contribution is 1.02. The van der Waals surface area contributed by atoms with Crippen LogP contribution in [0.4, 0.5) is 0 Å². The second kappa shape index (κ2) is 10.3. The molecule has 0 saturated heterocycles. The first-order valence-corrected chi connectivity index (χ1v) is 18.1. The van der Waals surface area contributed by atoms with E-state index < -0.39 is 0 Å². The molecular weight excluding hydrogens is 635 g/mol. The SMILES string of the molecule is c1ccc(-c2nc(-n3c4ccccc4c4cccc(-c5ccc6sc7ccc8ccccc8c7c6c5)c43)nc3c2sc2ccccc23)cc1. The maximum atomic E-state index is 5.42. The van der Waals surface area contributed by atoms with E-state index in [1.165, 1.54) is 52.0 Å². The van der Waals surface area contributed by atoms with Crippen LogP contribution in [0.3, 0.4) is 0 Å². The molecule has 0 saturated carbocycles. The van der Waals surface area contributed by atoms with Crippen molar-refractivity contribution >= 4 is 95.7 Å². The summed E-state index contributed by atoms with van der Waals surface area (Å²) in [6, 6.07) is 54.6. The van der Waals surface area contributed by atoms with Crippen LogP contribution in [0.15, 0.2) is 152 Å². The summed E-state index contributed by atoms with van der Waals surface area (Å²) in [5.41, 5.74) is 7.59. The lowest BCUT2D eigenvalue weighted by atomic mass is 9.98. The number of thiophene rings is 2. The van der Waals surface area contributed by atoms with Gasteiger partial charge in [0, 0.05) is 52.2 Å². The number of benzene rings is 7. The highest BCUT2D eigenvalue weighted by Gasteiger charge is 2.22. The molecule has 0 spiro atoms. The molecule has 11 rings (SSSR count). The van der Waals surface area contributed by atoms with Gasteiger partial charge in [0.1, 0.15) is 0 Å². The van der Waals surface area contributed by atoms with Crippen LogP contribution in [0, 0.1) is 0 Å². The van der Waals surface area contributed by atoms with E-state index >= 15 is 0 Å². The van der Waals surface area contributed by atoms with Gasteiger partial charge in [0.15, 0.2) is 0 Å². The van der Waals surface area contributed by atoms with Gasteiger partial charge < -0.3 is 0 Å². The van der Waals surface area contributed by atoms with Gasteiger partial charge in [-0.3, -0.25) is 4.57 Å². The monoisotopic (exact) mass is 659 g/mol. The third-order valence-electron chi connectivity index (χ3n) is 9.82. The highest BCUT2D eigenvalue weighted by Crippen LogP contribution is 2.44. The Morgan fingerprint density at radius 3 is 2.12 bits per heavy atom. The molecule has 0 aliphatic rings. The summed E-state index contributed by atoms with van der Waals surface area (Å²) in [5, 5.41) is 8.73. The van der Waals surface area contributed by atoms with Crippen LogP contribution in [-0.4, -0.2) is 14.5 Å². The summed E-state index contributed by atoms with van der Waals surface area (Å²) in [4.78, 5) is 10.8. The van der Waals surface area contributed by atoms with E-state index in [0.717, 1.165) is 43.5 Å². The number of hydrogen-bond acceptors (Lipinski definition) is 4. The molecule has 228 valence electrons. The van der Waals surface area contributed by atoms with Gasteiger partial charge in [-0.05, 0) is 46.7 Å². The average Bonchev–Trinajstić information content (AvgIpc) is 3.84. The molecule has 0 amide bonds.